The van der Waals surface area contributed by atoms with Gasteiger partial charge in [0.1, 0.15) is 0 Å². The minimum Gasteiger partial charge on any atom is -0.342 e. The van der Waals surface area contributed by atoms with Crippen molar-refractivity contribution >= 4 is 5.91 Å². The zero-order chi connectivity index (χ0) is 12.7. The van der Waals surface area contributed by atoms with Crippen LogP contribution in [0.2, 0.25) is 0 Å². The molecule has 1 aliphatic rings. The summed E-state index contributed by atoms with van der Waals surface area (Å²) in [5.74, 6) is 3.35. The molecule has 96 valence electrons. The second kappa shape index (κ2) is 7.34. The van der Waals surface area contributed by atoms with E-state index in [0.29, 0.717) is 24.8 Å². The van der Waals surface area contributed by atoms with E-state index < -0.39 is 0 Å². The predicted molar refractivity (Wildman–Crippen MR) is 70.5 cm³/mol. The average Bonchev–Trinajstić information content (AvgIpc) is 2.33. The first-order valence-electron chi connectivity index (χ1n) is 6.58. The Kier molecular flexibility index (Phi) is 6.07. The molecule has 0 saturated carbocycles. The number of hydrogen-bond donors (Lipinski definition) is 1. The smallest absolute Gasteiger partial charge is 0.223 e. The molecule has 0 aromatic rings. The van der Waals surface area contributed by atoms with Gasteiger partial charge in [0.05, 0.1) is 0 Å². The fourth-order valence-corrected chi connectivity index (χ4v) is 2.20. The van der Waals surface area contributed by atoms with E-state index in [2.05, 4.69) is 25.1 Å². The van der Waals surface area contributed by atoms with Crippen molar-refractivity contribution in [1.29, 1.82) is 0 Å². The number of likely N-dealkylation sites (tertiary alicyclic amines) is 1. The largest absolute Gasteiger partial charge is 0.342 e. The quantitative estimate of drug-likeness (QED) is 0.736. The highest BCUT2D eigenvalue weighted by atomic mass is 16.2. The number of carbonyl (C=O) groups excluding carboxylic acids is 1. The van der Waals surface area contributed by atoms with Crippen LogP contribution in [0.5, 0.6) is 0 Å². The Hall–Kier alpha value is -1.01. The number of hydrogen-bond acceptors (Lipinski definition) is 2. The number of nitrogens with one attached hydrogen (secondary N) is 1. The number of carbonyl (C=O) groups is 1. The van der Waals surface area contributed by atoms with Gasteiger partial charge >= 0.3 is 0 Å². The second-order valence-corrected chi connectivity index (χ2v) is 5.12. The molecular weight excluding hydrogens is 212 g/mol. The van der Waals surface area contributed by atoms with E-state index in [-0.39, 0.29) is 5.91 Å². The van der Waals surface area contributed by atoms with E-state index in [0.717, 1.165) is 26.1 Å². The van der Waals surface area contributed by atoms with E-state index in [4.69, 9.17) is 6.42 Å². The van der Waals surface area contributed by atoms with Gasteiger partial charge in [-0.25, -0.2) is 0 Å². The average molecular weight is 236 g/mol. The molecule has 1 amide bonds. The number of piperidine rings is 1. The Bertz CT molecular complexity index is 280. The minimum atomic E-state index is 0.220. The van der Waals surface area contributed by atoms with E-state index in [1.54, 1.807) is 0 Å². The normalized spacial score (nSPS) is 20.4. The standard InChI is InChI=1S/C14H24N2O/c1-4-5-8-14(17)16-9-6-7-13(11-16)10-15-12(2)3/h1,12-13,15H,5-11H2,2-3H3. The van der Waals surface area contributed by atoms with Gasteiger partial charge in [0.15, 0.2) is 0 Å². The van der Waals surface area contributed by atoms with Crippen LogP contribution in [0.15, 0.2) is 0 Å². The van der Waals surface area contributed by atoms with Crippen molar-refractivity contribution in [3.63, 3.8) is 0 Å². The molecule has 0 aromatic heterocycles. The third-order valence-corrected chi connectivity index (χ3v) is 3.17. The monoisotopic (exact) mass is 236 g/mol. The number of rotatable bonds is 5. The van der Waals surface area contributed by atoms with Crippen LogP contribution < -0.4 is 5.32 Å². The summed E-state index contributed by atoms with van der Waals surface area (Å²) >= 11 is 0. The summed E-state index contributed by atoms with van der Waals surface area (Å²) in [5.41, 5.74) is 0. The van der Waals surface area contributed by atoms with Crippen molar-refractivity contribution in [2.75, 3.05) is 19.6 Å². The first-order valence-corrected chi connectivity index (χ1v) is 6.58. The first kappa shape index (κ1) is 14.1. The van der Waals surface area contributed by atoms with Gasteiger partial charge in [0, 0.05) is 32.0 Å². The molecule has 3 heteroatoms. The maximum Gasteiger partial charge on any atom is 0.223 e. The molecule has 3 nitrogen and oxygen atoms in total. The highest BCUT2D eigenvalue weighted by Gasteiger charge is 2.22. The van der Waals surface area contributed by atoms with Gasteiger partial charge in [-0.2, -0.15) is 0 Å². The third kappa shape index (κ3) is 5.23. The Labute approximate surface area is 105 Å². The zero-order valence-electron chi connectivity index (χ0n) is 11.0. The van der Waals surface area contributed by atoms with Crippen LogP contribution in [0.25, 0.3) is 0 Å². The lowest BCUT2D eigenvalue weighted by Crippen LogP contribution is -2.43. The van der Waals surface area contributed by atoms with Crippen LogP contribution in [-0.4, -0.2) is 36.5 Å². The molecule has 0 aliphatic carbocycles. The molecule has 1 aliphatic heterocycles. The van der Waals surface area contributed by atoms with Crippen molar-refractivity contribution in [2.24, 2.45) is 5.92 Å². The molecule has 0 radical (unpaired) electrons. The molecule has 1 rings (SSSR count). The topological polar surface area (TPSA) is 32.3 Å². The SMILES string of the molecule is C#CCCC(=O)N1CCCC(CNC(C)C)C1. The third-order valence-electron chi connectivity index (χ3n) is 3.17. The van der Waals surface area contributed by atoms with Crippen LogP contribution >= 0.6 is 0 Å². The van der Waals surface area contributed by atoms with Crippen LogP contribution in [0, 0.1) is 18.3 Å². The van der Waals surface area contributed by atoms with Crippen LogP contribution in [0.1, 0.15) is 39.5 Å². The summed E-state index contributed by atoms with van der Waals surface area (Å²) in [5, 5.41) is 3.45. The first-order chi connectivity index (χ1) is 8.13. The van der Waals surface area contributed by atoms with Crippen LogP contribution in [-0.2, 0) is 4.79 Å². The van der Waals surface area contributed by atoms with Crippen LogP contribution in [0.3, 0.4) is 0 Å². The second-order valence-electron chi connectivity index (χ2n) is 5.12. The van der Waals surface area contributed by atoms with E-state index in [9.17, 15) is 4.79 Å². The molecular formula is C14H24N2O. The van der Waals surface area contributed by atoms with Crippen molar-refractivity contribution in [3.05, 3.63) is 0 Å². The summed E-state index contributed by atoms with van der Waals surface area (Å²) in [6, 6.07) is 0.516. The van der Waals surface area contributed by atoms with Crippen molar-refractivity contribution < 1.29 is 4.79 Å². The number of terminal acetylenes is 1. The van der Waals surface area contributed by atoms with Gasteiger partial charge in [0.2, 0.25) is 5.91 Å². The molecule has 0 aromatic carbocycles. The maximum atomic E-state index is 11.9. The Balaban J connectivity index is 2.33. The zero-order valence-corrected chi connectivity index (χ0v) is 11.0. The van der Waals surface area contributed by atoms with E-state index in [1.807, 2.05) is 4.90 Å². The Morgan fingerprint density at radius 1 is 1.59 bits per heavy atom. The lowest BCUT2D eigenvalue weighted by atomic mass is 9.97. The Morgan fingerprint density at radius 3 is 3.00 bits per heavy atom. The van der Waals surface area contributed by atoms with E-state index in [1.165, 1.54) is 6.42 Å². The Morgan fingerprint density at radius 2 is 2.35 bits per heavy atom. The summed E-state index contributed by atoms with van der Waals surface area (Å²) in [6.45, 7) is 7.11. The van der Waals surface area contributed by atoms with E-state index >= 15 is 0 Å². The van der Waals surface area contributed by atoms with Crippen molar-refractivity contribution in [1.82, 2.24) is 10.2 Å². The highest BCUT2D eigenvalue weighted by molar-refractivity contribution is 5.76. The molecule has 0 bridgehead atoms. The van der Waals surface area contributed by atoms with Gasteiger partial charge in [-0.1, -0.05) is 13.8 Å². The van der Waals surface area contributed by atoms with Crippen molar-refractivity contribution in [2.45, 2.75) is 45.6 Å². The van der Waals surface area contributed by atoms with Gasteiger partial charge < -0.3 is 10.2 Å². The predicted octanol–water partition coefficient (Wildman–Crippen LogP) is 1.64. The van der Waals surface area contributed by atoms with Gasteiger partial charge in [0.25, 0.3) is 0 Å². The lowest BCUT2D eigenvalue weighted by molar-refractivity contribution is -0.132. The molecule has 1 heterocycles. The lowest BCUT2D eigenvalue weighted by Gasteiger charge is -2.33. The summed E-state index contributed by atoms with van der Waals surface area (Å²) < 4.78 is 0. The summed E-state index contributed by atoms with van der Waals surface area (Å²) in [4.78, 5) is 13.8. The molecule has 1 N–H and O–H groups in total. The summed E-state index contributed by atoms with van der Waals surface area (Å²) in [7, 11) is 0. The molecule has 17 heavy (non-hydrogen) atoms. The molecule has 1 unspecified atom stereocenters. The fraction of sp³-hybridized carbons (Fsp3) is 0.786. The van der Waals surface area contributed by atoms with Gasteiger partial charge in [-0.3, -0.25) is 4.79 Å². The molecule has 1 saturated heterocycles. The minimum absolute atomic E-state index is 0.220. The number of amides is 1. The van der Waals surface area contributed by atoms with Crippen LogP contribution in [0.4, 0.5) is 0 Å². The fourth-order valence-electron chi connectivity index (χ4n) is 2.20. The summed E-state index contributed by atoms with van der Waals surface area (Å²) in [6.07, 6.45) is 8.58. The molecule has 1 fully saturated rings. The highest BCUT2D eigenvalue weighted by Crippen LogP contribution is 2.17. The van der Waals surface area contributed by atoms with Gasteiger partial charge in [-0.15, -0.1) is 12.3 Å². The maximum absolute atomic E-state index is 11.9. The molecule has 0 spiro atoms. The number of nitrogens with zero attached hydrogens (tertiary/aromatic N) is 1. The molecule has 1 atom stereocenters. The van der Waals surface area contributed by atoms with Crippen molar-refractivity contribution in [3.8, 4) is 12.3 Å². The van der Waals surface area contributed by atoms with Gasteiger partial charge in [-0.05, 0) is 25.3 Å².